The van der Waals surface area contributed by atoms with Crippen molar-refractivity contribution in [1.82, 2.24) is 4.98 Å². The molecule has 1 aliphatic carbocycles. The third-order valence-corrected chi connectivity index (χ3v) is 3.22. The Morgan fingerprint density at radius 1 is 1.56 bits per heavy atom. The van der Waals surface area contributed by atoms with Crippen molar-refractivity contribution in [3.05, 3.63) is 22.9 Å². The number of hydrogen-bond acceptors (Lipinski definition) is 4. The topological polar surface area (TPSA) is 57.4 Å². The molecule has 18 heavy (non-hydrogen) atoms. The fourth-order valence-corrected chi connectivity index (χ4v) is 2.32. The van der Waals surface area contributed by atoms with E-state index in [1.807, 2.05) is 13.0 Å². The highest BCUT2D eigenvalue weighted by atomic mass is 32.1. The summed E-state index contributed by atoms with van der Waals surface area (Å²) in [5.74, 6) is 0.535. The SMILES string of the molecule is COCC(C)Oc1nc2c(cc1C(N)=S)CCC2. The summed E-state index contributed by atoms with van der Waals surface area (Å²) in [5, 5.41) is 0. The largest absolute Gasteiger partial charge is 0.472 e. The highest BCUT2D eigenvalue weighted by Crippen LogP contribution is 2.27. The first-order chi connectivity index (χ1) is 8.61. The van der Waals surface area contributed by atoms with Gasteiger partial charge in [0.15, 0.2) is 0 Å². The number of hydrogen-bond donors (Lipinski definition) is 1. The third kappa shape index (κ3) is 2.79. The van der Waals surface area contributed by atoms with Crippen LogP contribution in [0.3, 0.4) is 0 Å². The number of nitrogens with zero attached hydrogens (tertiary/aromatic N) is 1. The molecule has 5 heteroatoms. The Balaban J connectivity index is 2.29. The third-order valence-electron chi connectivity index (χ3n) is 3.00. The number of aryl methyl sites for hydroxylation is 2. The Kier molecular flexibility index (Phi) is 4.14. The molecule has 98 valence electrons. The van der Waals surface area contributed by atoms with Gasteiger partial charge in [0.2, 0.25) is 5.88 Å². The maximum Gasteiger partial charge on any atom is 0.224 e. The van der Waals surface area contributed by atoms with Crippen molar-refractivity contribution in [3.63, 3.8) is 0 Å². The maximum absolute atomic E-state index is 5.77. The van der Waals surface area contributed by atoms with Gasteiger partial charge < -0.3 is 15.2 Å². The molecule has 0 aliphatic heterocycles. The van der Waals surface area contributed by atoms with E-state index in [4.69, 9.17) is 27.4 Å². The molecule has 1 aromatic rings. The average Bonchev–Trinajstić information content (AvgIpc) is 2.74. The first-order valence-corrected chi connectivity index (χ1v) is 6.51. The van der Waals surface area contributed by atoms with E-state index in [1.165, 1.54) is 5.56 Å². The van der Waals surface area contributed by atoms with E-state index in [0.29, 0.717) is 17.5 Å². The number of ether oxygens (including phenoxy) is 2. The first kappa shape index (κ1) is 13.2. The van der Waals surface area contributed by atoms with Crippen LogP contribution in [0.1, 0.15) is 30.2 Å². The number of thiocarbonyl (C=S) groups is 1. The summed E-state index contributed by atoms with van der Waals surface area (Å²) >= 11 is 5.06. The van der Waals surface area contributed by atoms with Crippen LogP contribution in [0.25, 0.3) is 0 Å². The molecule has 0 spiro atoms. The summed E-state index contributed by atoms with van der Waals surface area (Å²) in [4.78, 5) is 4.88. The second-order valence-electron chi connectivity index (χ2n) is 4.55. The zero-order valence-electron chi connectivity index (χ0n) is 10.7. The van der Waals surface area contributed by atoms with Crippen LogP contribution < -0.4 is 10.5 Å². The van der Waals surface area contributed by atoms with Crippen LogP contribution in [0.2, 0.25) is 0 Å². The van der Waals surface area contributed by atoms with Gasteiger partial charge in [-0.2, -0.15) is 0 Å². The molecule has 1 aromatic heterocycles. The van der Waals surface area contributed by atoms with E-state index >= 15 is 0 Å². The second-order valence-corrected chi connectivity index (χ2v) is 4.99. The van der Waals surface area contributed by atoms with Crippen LogP contribution in [-0.4, -0.2) is 29.8 Å². The number of fused-ring (bicyclic) bond motifs is 1. The quantitative estimate of drug-likeness (QED) is 0.821. The fraction of sp³-hybridized carbons (Fsp3) is 0.538. The molecule has 4 nitrogen and oxygen atoms in total. The molecule has 0 radical (unpaired) electrons. The molecular formula is C13H18N2O2S. The number of pyridine rings is 1. The Bertz CT molecular complexity index is 463. The van der Waals surface area contributed by atoms with Gasteiger partial charge in [-0.25, -0.2) is 4.98 Å². The molecule has 0 bridgehead atoms. The summed E-state index contributed by atoms with van der Waals surface area (Å²) < 4.78 is 10.8. The van der Waals surface area contributed by atoms with Gasteiger partial charge in [0.1, 0.15) is 11.1 Å². The molecule has 0 amide bonds. The van der Waals surface area contributed by atoms with E-state index in [2.05, 4.69) is 4.98 Å². The molecule has 1 heterocycles. The maximum atomic E-state index is 5.77. The van der Waals surface area contributed by atoms with Gasteiger partial charge in [-0.05, 0) is 37.8 Å². The van der Waals surface area contributed by atoms with Crippen molar-refractivity contribution in [3.8, 4) is 5.88 Å². The van der Waals surface area contributed by atoms with Crippen molar-refractivity contribution >= 4 is 17.2 Å². The van der Waals surface area contributed by atoms with Gasteiger partial charge in [0.05, 0.1) is 12.2 Å². The lowest BCUT2D eigenvalue weighted by Gasteiger charge is -2.16. The van der Waals surface area contributed by atoms with Crippen molar-refractivity contribution in [2.45, 2.75) is 32.3 Å². The zero-order valence-corrected chi connectivity index (χ0v) is 11.5. The van der Waals surface area contributed by atoms with Gasteiger partial charge in [-0.3, -0.25) is 0 Å². The Morgan fingerprint density at radius 3 is 3.00 bits per heavy atom. The predicted octanol–water partition coefficient (Wildman–Crippen LogP) is 1.62. The molecule has 1 unspecified atom stereocenters. The molecule has 0 fully saturated rings. The number of aromatic nitrogens is 1. The van der Waals surface area contributed by atoms with Crippen LogP contribution >= 0.6 is 12.2 Å². The second kappa shape index (κ2) is 5.63. The van der Waals surface area contributed by atoms with Gasteiger partial charge >= 0.3 is 0 Å². The minimum atomic E-state index is -0.0740. The Labute approximate surface area is 112 Å². The standard InChI is InChI=1S/C13H18N2O2S/c1-8(7-16-2)17-13-10(12(14)18)6-9-4-3-5-11(9)15-13/h6,8H,3-5,7H2,1-2H3,(H2,14,18). The highest BCUT2D eigenvalue weighted by Gasteiger charge is 2.19. The van der Waals surface area contributed by atoms with E-state index in [1.54, 1.807) is 7.11 Å². The summed E-state index contributed by atoms with van der Waals surface area (Å²) in [6.07, 6.45) is 3.11. The number of nitrogens with two attached hydrogens (primary N) is 1. The predicted molar refractivity (Wildman–Crippen MR) is 74.1 cm³/mol. The van der Waals surface area contributed by atoms with E-state index in [0.717, 1.165) is 30.5 Å². The molecule has 0 saturated heterocycles. The summed E-state index contributed by atoms with van der Waals surface area (Å²) in [6.45, 7) is 2.44. The van der Waals surface area contributed by atoms with Crippen molar-refractivity contribution in [2.75, 3.05) is 13.7 Å². The van der Waals surface area contributed by atoms with Gasteiger partial charge in [0.25, 0.3) is 0 Å². The summed E-state index contributed by atoms with van der Waals surface area (Å²) in [5.41, 5.74) is 8.82. The average molecular weight is 266 g/mol. The highest BCUT2D eigenvalue weighted by molar-refractivity contribution is 7.80. The number of methoxy groups -OCH3 is 1. The van der Waals surface area contributed by atoms with Gasteiger partial charge in [-0.1, -0.05) is 12.2 Å². The monoisotopic (exact) mass is 266 g/mol. The Morgan fingerprint density at radius 2 is 2.33 bits per heavy atom. The number of rotatable bonds is 5. The lowest BCUT2D eigenvalue weighted by Crippen LogP contribution is -2.22. The van der Waals surface area contributed by atoms with Crippen LogP contribution in [0.5, 0.6) is 5.88 Å². The molecule has 0 aromatic carbocycles. The Hall–Kier alpha value is -1.20. The molecule has 1 atom stereocenters. The van der Waals surface area contributed by atoms with Crippen molar-refractivity contribution in [1.29, 1.82) is 0 Å². The van der Waals surface area contributed by atoms with Crippen LogP contribution in [0, 0.1) is 0 Å². The van der Waals surface area contributed by atoms with Crippen molar-refractivity contribution < 1.29 is 9.47 Å². The minimum Gasteiger partial charge on any atom is -0.472 e. The minimum absolute atomic E-state index is 0.0740. The molecule has 2 rings (SSSR count). The van der Waals surface area contributed by atoms with Crippen molar-refractivity contribution in [2.24, 2.45) is 5.73 Å². The molecule has 2 N–H and O–H groups in total. The van der Waals surface area contributed by atoms with Gasteiger partial charge in [0, 0.05) is 12.8 Å². The van der Waals surface area contributed by atoms with Gasteiger partial charge in [-0.15, -0.1) is 0 Å². The van der Waals surface area contributed by atoms with E-state index in [9.17, 15) is 0 Å². The van der Waals surface area contributed by atoms with Crippen LogP contribution in [-0.2, 0) is 17.6 Å². The van der Waals surface area contributed by atoms with E-state index in [-0.39, 0.29) is 6.10 Å². The molecule has 1 aliphatic rings. The smallest absolute Gasteiger partial charge is 0.224 e. The first-order valence-electron chi connectivity index (χ1n) is 6.10. The van der Waals surface area contributed by atoms with Crippen LogP contribution in [0.15, 0.2) is 6.07 Å². The summed E-state index contributed by atoms with van der Waals surface area (Å²) in [7, 11) is 1.64. The zero-order chi connectivity index (χ0) is 13.1. The molecular weight excluding hydrogens is 248 g/mol. The normalized spacial score (nSPS) is 15.2. The summed E-state index contributed by atoms with van der Waals surface area (Å²) in [6, 6.07) is 2.02. The lowest BCUT2D eigenvalue weighted by molar-refractivity contribution is 0.0887. The van der Waals surface area contributed by atoms with E-state index < -0.39 is 0 Å². The fourth-order valence-electron chi connectivity index (χ4n) is 2.18. The lowest BCUT2D eigenvalue weighted by atomic mass is 10.1. The van der Waals surface area contributed by atoms with Crippen LogP contribution in [0.4, 0.5) is 0 Å². The molecule has 0 saturated carbocycles.